The molecule has 1 unspecified atom stereocenters. The second kappa shape index (κ2) is 7.16. The summed E-state index contributed by atoms with van der Waals surface area (Å²) in [5.41, 5.74) is 0.866. The Morgan fingerprint density at radius 1 is 1.32 bits per heavy atom. The quantitative estimate of drug-likeness (QED) is 0.763. The maximum Gasteiger partial charge on any atom is 0.119 e. The lowest BCUT2D eigenvalue weighted by molar-refractivity contribution is 0.289. The molecule has 0 saturated carbocycles. The third kappa shape index (κ3) is 4.92. The van der Waals surface area contributed by atoms with Crippen LogP contribution in [0.5, 0.6) is 5.75 Å². The Kier molecular flexibility index (Phi) is 5.85. The van der Waals surface area contributed by atoms with Crippen molar-refractivity contribution in [2.75, 3.05) is 13.7 Å². The third-order valence-electron chi connectivity index (χ3n) is 3.44. The van der Waals surface area contributed by atoms with Gasteiger partial charge in [-0.25, -0.2) is 0 Å². The lowest BCUT2D eigenvalue weighted by Crippen LogP contribution is -2.38. The van der Waals surface area contributed by atoms with Gasteiger partial charge in [-0.15, -0.1) is 0 Å². The molecule has 0 aromatic heterocycles. The van der Waals surface area contributed by atoms with Crippen LogP contribution in [-0.4, -0.2) is 19.2 Å². The van der Waals surface area contributed by atoms with Crippen molar-refractivity contribution in [2.24, 2.45) is 0 Å². The van der Waals surface area contributed by atoms with Crippen LogP contribution in [0.4, 0.5) is 0 Å². The number of benzene rings is 1. The molecule has 0 aliphatic rings. The molecule has 19 heavy (non-hydrogen) atoms. The number of ether oxygens (including phenoxy) is 1. The van der Waals surface area contributed by atoms with Crippen molar-refractivity contribution in [3.63, 3.8) is 0 Å². The molecular formula is C16H24N2O. The van der Waals surface area contributed by atoms with Crippen LogP contribution in [-0.2, 0) is 0 Å². The fraction of sp³-hybridized carbons (Fsp3) is 0.562. The highest BCUT2D eigenvalue weighted by molar-refractivity contribution is 5.28. The van der Waals surface area contributed by atoms with Crippen molar-refractivity contribution >= 4 is 0 Å². The van der Waals surface area contributed by atoms with E-state index in [1.165, 1.54) is 5.56 Å². The fourth-order valence-electron chi connectivity index (χ4n) is 1.80. The van der Waals surface area contributed by atoms with Gasteiger partial charge in [-0.05, 0) is 50.4 Å². The summed E-state index contributed by atoms with van der Waals surface area (Å²) in [4.78, 5) is 0. The maximum absolute atomic E-state index is 9.03. The Morgan fingerprint density at radius 2 is 1.95 bits per heavy atom. The van der Waals surface area contributed by atoms with E-state index in [0.29, 0.717) is 12.5 Å². The summed E-state index contributed by atoms with van der Waals surface area (Å²) in [5, 5.41) is 12.1. The van der Waals surface area contributed by atoms with Gasteiger partial charge in [0.25, 0.3) is 0 Å². The van der Waals surface area contributed by atoms with E-state index in [2.05, 4.69) is 37.4 Å². The van der Waals surface area contributed by atoms with E-state index in [1.54, 1.807) is 0 Å². The number of rotatable bonds is 7. The van der Waals surface area contributed by atoms with Gasteiger partial charge in [0.1, 0.15) is 11.3 Å². The molecule has 3 nitrogen and oxygen atoms in total. The summed E-state index contributed by atoms with van der Waals surface area (Å²) < 4.78 is 5.69. The molecule has 0 heterocycles. The van der Waals surface area contributed by atoms with Crippen LogP contribution in [0, 0.1) is 11.3 Å². The minimum absolute atomic E-state index is 0.454. The number of nitrogens with zero attached hydrogens (tertiary/aromatic N) is 1. The zero-order valence-electron chi connectivity index (χ0n) is 12.4. The largest absolute Gasteiger partial charge is 0.494 e. The Hall–Kier alpha value is -1.53. The molecule has 1 N–H and O–H groups in total. The molecule has 0 radical (unpaired) electrons. The monoisotopic (exact) mass is 260 g/mol. The minimum atomic E-state index is -0.454. The molecule has 0 aliphatic carbocycles. The predicted molar refractivity (Wildman–Crippen MR) is 78.3 cm³/mol. The van der Waals surface area contributed by atoms with Crippen LogP contribution in [0.25, 0.3) is 0 Å². The summed E-state index contributed by atoms with van der Waals surface area (Å²) >= 11 is 0. The second-order valence-electron chi connectivity index (χ2n) is 5.37. The molecule has 0 aliphatic heterocycles. The van der Waals surface area contributed by atoms with E-state index in [0.717, 1.165) is 18.6 Å². The summed E-state index contributed by atoms with van der Waals surface area (Å²) in [6, 6.07) is 10.5. The molecule has 1 atom stereocenters. The van der Waals surface area contributed by atoms with Gasteiger partial charge in [0.15, 0.2) is 0 Å². The van der Waals surface area contributed by atoms with E-state index >= 15 is 0 Å². The Labute approximate surface area is 116 Å². The molecule has 1 aromatic rings. The Bertz CT molecular complexity index is 419. The first kappa shape index (κ1) is 15.5. The number of nitriles is 1. The highest BCUT2D eigenvalue weighted by Gasteiger charge is 2.19. The molecule has 0 bridgehead atoms. The van der Waals surface area contributed by atoms with E-state index in [1.807, 2.05) is 26.1 Å². The number of nitrogens with one attached hydrogen (secondary N) is 1. The van der Waals surface area contributed by atoms with Gasteiger partial charge in [0, 0.05) is 0 Å². The predicted octanol–water partition coefficient (Wildman–Crippen LogP) is 3.47. The first-order valence-electron chi connectivity index (χ1n) is 6.83. The van der Waals surface area contributed by atoms with E-state index in [9.17, 15) is 0 Å². The summed E-state index contributed by atoms with van der Waals surface area (Å²) in [6.07, 6.45) is 1.64. The van der Waals surface area contributed by atoms with Crippen molar-refractivity contribution in [1.82, 2.24) is 5.32 Å². The van der Waals surface area contributed by atoms with Crippen LogP contribution in [0.15, 0.2) is 24.3 Å². The van der Waals surface area contributed by atoms with Gasteiger partial charge in [-0.2, -0.15) is 5.26 Å². The van der Waals surface area contributed by atoms with Crippen LogP contribution in [0.2, 0.25) is 0 Å². The SMILES string of the molecule is CNC(C)(C#N)CCCOc1ccc(C(C)C)cc1. The van der Waals surface area contributed by atoms with Crippen molar-refractivity contribution in [1.29, 1.82) is 5.26 Å². The van der Waals surface area contributed by atoms with Crippen LogP contribution in [0.1, 0.15) is 45.1 Å². The van der Waals surface area contributed by atoms with Crippen LogP contribution in [0.3, 0.4) is 0 Å². The molecule has 0 fully saturated rings. The number of hydrogen-bond donors (Lipinski definition) is 1. The zero-order chi connectivity index (χ0) is 14.3. The van der Waals surface area contributed by atoms with Gasteiger partial charge in [-0.1, -0.05) is 26.0 Å². The summed E-state index contributed by atoms with van der Waals surface area (Å²) in [6.45, 7) is 6.90. The van der Waals surface area contributed by atoms with E-state index in [-0.39, 0.29) is 0 Å². The average molecular weight is 260 g/mol. The topological polar surface area (TPSA) is 45.0 Å². The second-order valence-corrected chi connectivity index (χ2v) is 5.37. The Morgan fingerprint density at radius 3 is 2.42 bits per heavy atom. The summed E-state index contributed by atoms with van der Waals surface area (Å²) in [7, 11) is 1.81. The van der Waals surface area contributed by atoms with E-state index in [4.69, 9.17) is 10.00 Å². The molecule has 104 valence electrons. The van der Waals surface area contributed by atoms with Gasteiger partial charge in [0.05, 0.1) is 12.7 Å². The first-order valence-corrected chi connectivity index (χ1v) is 6.83. The van der Waals surface area contributed by atoms with Crippen molar-refractivity contribution in [2.45, 2.75) is 45.1 Å². The molecule has 0 spiro atoms. The maximum atomic E-state index is 9.03. The highest BCUT2D eigenvalue weighted by Crippen LogP contribution is 2.19. The van der Waals surface area contributed by atoms with Gasteiger partial charge < -0.3 is 10.1 Å². The van der Waals surface area contributed by atoms with Crippen molar-refractivity contribution < 1.29 is 4.74 Å². The number of hydrogen-bond acceptors (Lipinski definition) is 3. The molecule has 1 rings (SSSR count). The van der Waals surface area contributed by atoms with Gasteiger partial charge >= 0.3 is 0 Å². The van der Waals surface area contributed by atoms with Gasteiger partial charge in [-0.3, -0.25) is 0 Å². The normalized spacial score (nSPS) is 13.9. The average Bonchev–Trinajstić information content (AvgIpc) is 2.44. The van der Waals surface area contributed by atoms with Crippen molar-refractivity contribution in [3.8, 4) is 11.8 Å². The Balaban J connectivity index is 2.36. The fourth-order valence-corrected chi connectivity index (χ4v) is 1.80. The smallest absolute Gasteiger partial charge is 0.119 e. The zero-order valence-corrected chi connectivity index (χ0v) is 12.4. The standard InChI is InChI=1S/C16H24N2O/c1-13(2)14-6-8-15(9-7-14)19-11-5-10-16(3,12-17)18-4/h6-9,13,18H,5,10-11H2,1-4H3. The lowest BCUT2D eigenvalue weighted by atomic mass is 9.98. The van der Waals surface area contributed by atoms with Crippen LogP contribution >= 0.6 is 0 Å². The summed E-state index contributed by atoms with van der Waals surface area (Å²) in [5.74, 6) is 1.44. The molecule has 3 heteroatoms. The first-order chi connectivity index (χ1) is 9.00. The van der Waals surface area contributed by atoms with Crippen LogP contribution < -0.4 is 10.1 Å². The third-order valence-corrected chi connectivity index (χ3v) is 3.44. The highest BCUT2D eigenvalue weighted by atomic mass is 16.5. The minimum Gasteiger partial charge on any atom is -0.494 e. The molecular weight excluding hydrogens is 236 g/mol. The molecule has 0 amide bonds. The molecule has 0 saturated heterocycles. The van der Waals surface area contributed by atoms with E-state index < -0.39 is 5.54 Å². The van der Waals surface area contributed by atoms with Crippen molar-refractivity contribution in [3.05, 3.63) is 29.8 Å². The molecule has 1 aromatic carbocycles. The van der Waals surface area contributed by atoms with Gasteiger partial charge in [0.2, 0.25) is 0 Å². The lowest BCUT2D eigenvalue weighted by Gasteiger charge is -2.20.